The highest BCUT2D eigenvalue weighted by Crippen LogP contribution is 2.30. The van der Waals surface area contributed by atoms with Gasteiger partial charge in [-0.1, -0.05) is 47.6 Å². The summed E-state index contributed by atoms with van der Waals surface area (Å²) in [6, 6.07) is 16.8. The number of carbonyl (C=O) groups is 2. The first-order chi connectivity index (χ1) is 11.7. The number of benzene rings is 2. The fraction of sp³-hybridized carbons (Fsp3) is 0.167. The Labute approximate surface area is 138 Å². The number of rotatable bonds is 2. The highest BCUT2D eigenvalue weighted by Gasteiger charge is 2.36. The van der Waals surface area contributed by atoms with E-state index in [4.69, 9.17) is 4.84 Å². The van der Waals surface area contributed by atoms with Crippen molar-refractivity contribution in [3.05, 3.63) is 60.2 Å². The van der Waals surface area contributed by atoms with E-state index in [9.17, 15) is 9.59 Å². The van der Waals surface area contributed by atoms with Crippen molar-refractivity contribution < 1.29 is 14.4 Å². The third kappa shape index (κ3) is 2.52. The van der Waals surface area contributed by atoms with E-state index in [1.165, 1.54) is 4.90 Å². The highest BCUT2D eigenvalue weighted by molar-refractivity contribution is 6.13. The van der Waals surface area contributed by atoms with Crippen molar-refractivity contribution in [2.24, 2.45) is 5.16 Å². The van der Waals surface area contributed by atoms with Crippen LogP contribution in [0.25, 0.3) is 0 Å². The molecule has 24 heavy (non-hydrogen) atoms. The molecule has 2 heterocycles. The summed E-state index contributed by atoms with van der Waals surface area (Å²) in [6.45, 7) is -0.0175. The van der Waals surface area contributed by atoms with Gasteiger partial charge in [-0.05, 0) is 17.7 Å². The summed E-state index contributed by atoms with van der Waals surface area (Å²) >= 11 is 0. The Morgan fingerprint density at radius 3 is 2.71 bits per heavy atom. The van der Waals surface area contributed by atoms with Gasteiger partial charge < -0.3 is 10.2 Å². The van der Waals surface area contributed by atoms with Crippen LogP contribution in [0, 0.1) is 0 Å². The quantitative estimate of drug-likeness (QED) is 0.921. The molecular weight excluding hydrogens is 306 g/mol. The second-order valence-electron chi connectivity index (χ2n) is 5.69. The minimum Gasteiger partial charge on any atom is -0.382 e. The van der Waals surface area contributed by atoms with E-state index in [0.29, 0.717) is 17.8 Å². The standard InChI is InChI=1S/C18H15N3O3/c22-17-11-21(15-9-5-4-8-13(15)19-17)18(23)16-10-14(20-24-16)12-6-2-1-3-7-12/h1-9,16H,10-11H2,(H,19,22)/t16-/m1/s1. The lowest BCUT2D eigenvalue weighted by Gasteiger charge is -2.30. The summed E-state index contributed by atoms with van der Waals surface area (Å²) in [6.07, 6.45) is -0.317. The maximum absolute atomic E-state index is 12.8. The van der Waals surface area contributed by atoms with E-state index in [-0.39, 0.29) is 18.4 Å². The SMILES string of the molecule is O=C1CN(C(=O)[C@H]2CC(c3ccccc3)=NO2)c2ccccc2N1. The number of para-hydroxylation sites is 2. The third-order valence-electron chi connectivity index (χ3n) is 4.09. The van der Waals surface area contributed by atoms with Crippen LogP contribution in [0.4, 0.5) is 11.4 Å². The Morgan fingerprint density at radius 2 is 1.88 bits per heavy atom. The van der Waals surface area contributed by atoms with Crippen LogP contribution in [0.3, 0.4) is 0 Å². The van der Waals surface area contributed by atoms with Crippen LogP contribution in [0.5, 0.6) is 0 Å². The first-order valence-corrected chi connectivity index (χ1v) is 7.71. The van der Waals surface area contributed by atoms with Crippen LogP contribution >= 0.6 is 0 Å². The average Bonchev–Trinajstić information content (AvgIpc) is 3.11. The summed E-state index contributed by atoms with van der Waals surface area (Å²) in [5, 5.41) is 6.81. The number of nitrogens with one attached hydrogen (secondary N) is 1. The second-order valence-corrected chi connectivity index (χ2v) is 5.69. The molecule has 0 radical (unpaired) electrons. The van der Waals surface area contributed by atoms with Crippen molar-refractivity contribution in [3.63, 3.8) is 0 Å². The van der Waals surface area contributed by atoms with Gasteiger partial charge in [-0.2, -0.15) is 0 Å². The molecule has 2 aromatic carbocycles. The number of hydrogen-bond donors (Lipinski definition) is 1. The number of anilines is 2. The summed E-state index contributed by atoms with van der Waals surface area (Å²) in [5.74, 6) is -0.476. The van der Waals surface area contributed by atoms with Gasteiger partial charge in [-0.25, -0.2) is 0 Å². The zero-order valence-corrected chi connectivity index (χ0v) is 12.8. The monoisotopic (exact) mass is 321 g/mol. The summed E-state index contributed by atoms with van der Waals surface area (Å²) in [5.41, 5.74) is 2.98. The fourth-order valence-electron chi connectivity index (χ4n) is 2.91. The molecule has 6 nitrogen and oxygen atoms in total. The molecule has 2 aliphatic heterocycles. The molecule has 0 aliphatic carbocycles. The normalized spacial score (nSPS) is 19.2. The van der Waals surface area contributed by atoms with Gasteiger partial charge in [0.1, 0.15) is 6.54 Å². The molecule has 4 rings (SSSR count). The van der Waals surface area contributed by atoms with Crippen molar-refractivity contribution in [1.82, 2.24) is 0 Å². The van der Waals surface area contributed by atoms with E-state index in [1.54, 1.807) is 12.1 Å². The van der Waals surface area contributed by atoms with E-state index in [0.717, 1.165) is 11.3 Å². The molecule has 1 atom stereocenters. The molecule has 0 saturated carbocycles. The van der Waals surface area contributed by atoms with Gasteiger partial charge in [-0.15, -0.1) is 0 Å². The maximum Gasteiger partial charge on any atom is 0.271 e. The smallest absolute Gasteiger partial charge is 0.271 e. The van der Waals surface area contributed by atoms with Gasteiger partial charge in [-0.3, -0.25) is 14.5 Å². The van der Waals surface area contributed by atoms with Crippen LogP contribution in [0.15, 0.2) is 59.8 Å². The first-order valence-electron chi connectivity index (χ1n) is 7.71. The van der Waals surface area contributed by atoms with Crippen molar-refractivity contribution in [3.8, 4) is 0 Å². The van der Waals surface area contributed by atoms with E-state index >= 15 is 0 Å². The molecule has 2 amide bonds. The Kier molecular flexibility index (Phi) is 3.49. The molecule has 6 heteroatoms. The van der Waals surface area contributed by atoms with Crippen LogP contribution in [-0.4, -0.2) is 30.2 Å². The maximum atomic E-state index is 12.8. The Balaban J connectivity index is 1.55. The average molecular weight is 321 g/mol. The number of nitrogens with zero attached hydrogens (tertiary/aromatic N) is 2. The van der Waals surface area contributed by atoms with Gasteiger partial charge in [0, 0.05) is 6.42 Å². The Bertz CT molecular complexity index is 832. The zero-order chi connectivity index (χ0) is 16.5. The predicted molar refractivity (Wildman–Crippen MR) is 89.9 cm³/mol. The van der Waals surface area contributed by atoms with E-state index in [2.05, 4.69) is 10.5 Å². The minimum atomic E-state index is -0.709. The number of oxime groups is 1. The van der Waals surface area contributed by atoms with E-state index in [1.807, 2.05) is 42.5 Å². The topological polar surface area (TPSA) is 71.0 Å². The van der Waals surface area contributed by atoms with Crippen LogP contribution in [0.1, 0.15) is 12.0 Å². The number of amides is 2. The van der Waals surface area contributed by atoms with Gasteiger partial charge in [0.05, 0.1) is 17.1 Å². The predicted octanol–water partition coefficient (Wildman–Crippen LogP) is 2.16. The largest absolute Gasteiger partial charge is 0.382 e. The first kappa shape index (κ1) is 14.4. The third-order valence-corrected chi connectivity index (χ3v) is 4.09. The summed E-state index contributed by atoms with van der Waals surface area (Å²) in [7, 11) is 0. The van der Waals surface area contributed by atoms with Crippen molar-refractivity contribution in [2.75, 3.05) is 16.8 Å². The minimum absolute atomic E-state index is 0.0175. The molecule has 2 aliphatic rings. The lowest BCUT2D eigenvalue weighted by Crippen LogP contribution is -2.46. The molecule has 0 fully saturated rings. The van der Waals surface area contributed by atoms with Crippen molar-refractivity contribution in [1.29, 1.82) is 0 Å². The Morgan fingerprint density at radius 1 is 1.12 bits per heavy atom. The summed E-state index contributed by atoms with van der Waals surface area (Å²) < 4.78 is 0. The molecule has 0 aromatic heterocycles. The van der Waals surface area contributed by atoms with Crippen LogP contribution in [0.2, 0.25) is 0 Å². The highest BCUT2D eigenvalue weighted by atomic mass is 16.6. The molecule has 1 N–H and O–H groups in total. The van der Waals surface area contributed by atoms with Crippen LogP contribution < -0.4 is 10.2 Å². The fourth-order valence-corrected chi connectivity index (χ4v) is 2.91. The number of hydrogen-bond acceptors (Lipinski definition) is 4. The van der Waals surface area contributed by atoms with Gasteiger partial charge in [0.15, 0.2) is 0 Å². The lowest BCUT2D eigenvalue weighted by molar-refractivity contribution is -0.129. The number of carbonyl (C=O) groups excluding carboxylic acids is 2. The summed E-state index contributed by atoms with van der Waals surface area (Å²) in [4.78, 5) is 31.5. The van der Waals surface area contributed by atoms with Gasteiger partial charge in [0.2, 0.25) is 12.0 Å². The van der Waals surface area contributed by atoms with Crippen LogP contribution in [-0.2, 0) is 14.4 Å². The Hall–Kier alpha value is -3.15. The molecular formula is C18H15N3O3. The molecule has 120 valence electrons. The molecule has 2 aromatic rings. The second kappa shape index (κ2) is 5.81. The van der Waals surface area contributed by atoms with Gasteiger partial charge >= 0.3 is 0 Å². The zero-order valence-electron chi connectivity index (χ0n) is 12.8. The number of fused-ring (bicyclic) bond motifs is 1. The molecule has 0 spiro atoms. The van der Waals surface area contributed by atoms with E-state index < -0.39 is 6.10 Å². The lowest BCUT2D eigenvalue weighted by atomic mass is 10.0. The molecule has 0 unspecified atom stereocenters. The molecule has 0 saturated heterocycles. The molecule has 0 bridgehead atoms. The van der Waals surface area contributed by atoms with Gasteiger partial charge in [0.25, 0.3) is 5.91 Å². The van der Waals surface area contributed by atoms with Crippen molar-refractivity contribution >= 4 is 28.9 Å². The van der Waals surface area contributed by atoms with Crippen molar-refractivity contribution in [2.45, 2.75) is 12.5 Å².